The van der Waals surface area contributed by atoms with Gasteiger partial charge in [0.1, 0.15) is 10.7 Å². The summed E-state index contributed by atoms with van der Waals surface area (Å²) in [6, 6.07) is 4.06. The fourth-order valence-electron chi connectivity index (χ4n) is 2.35. The summed E-state index contributed by atoms with van der Waals surface area (Å²) in [7, 11) is -3.68. The standard InChI is InChI=1S/C13H14FN3O2S2/c1-8-13(7-15-16-8)21(18,19)17-11-4-5-20-12-3-2-9(14)6-10(11)12/h2-3,6-7,11,17H,4-5H2,1H3,(H,15,16). The minimum absolute atomic E-state index is 0.124. The molecule has 0 spiro atoms. The second kappa shape index (κ2) is 5.43. The SMILES string of the molecule is Cc1[nH]ncc1S(=O)(=O)NC1CCSc2ccc(F)cc21. The van der Waals surface area contributed by atoms with E-state index in [1.807, 2.05) is 0 Å². The lowest BCUT2D eigenvalue weighted by Gasteiger charge is -2.25. The normalized spacial score (nSPS) is 18.5. The van der Waals surface area contributed by atoms with Crippen molar-refractivity contribution in [2.45, 2.75) is 29.2 Å². The van der Waals surface area contributed by atoms with Gasteiger partial charge in [0, 0.05) is 10.9 Å². The summed E-state index contributed by atoms with van der Waals surface area (Å²) in [5.41, 5.74) is 1.17. The number of aromatic amines is 1. The Kier molecular flexibility index (Phi) is 3.76. The van der Waals surface area contributed by atoms with Crippen molar-refractivity contribution in [3.8, 4) is 0 Å². The van der Waals surface area contributed by atoms with E-state index >= 15 is 0 Å². The van der Waals surface area contributed by atoms with Crippen LogP contribution in [-0.4, -0.2) is 24.4 Å². The number of fused-ring (bicyclic) bond motifs is 1. The molecule has 1 aromatic heterocycles. The second-order valence-corrected chi connectivity index (χ2v) is 7.67. The van der Waals surface area contributed by atoms with Gasteiger partial charge >= 0.3 is 0 Å². The average Bonchev–Trinajstić information content (AvgIpc) is 2.86. The summed E-state index contributed by atoms with van der Waals surface area (Å²) in [6.07, 6.45) is 1.90. The maximum Gasteiger partial charge on any atom is 0.244 e. The largest absolute Gasteiger partial charge is 0.281 e. The highest BCUT2D eigenvalue weighted by atomic mass is 32.2. The Morgan fingerprint density at radius 3 is 3.00 bits per heavy atom. The minimum atomic E-state index is -3.68. The summed E-state index contributed by atoms with van der Waals surface area (Å²) in [5, 5.41) is 6.34. The van der Waals surface area contributed by atoms with E-state index in [-0.39, 0.29) is 10.7 Å². The number of halogens is 1. The molecule has 0 bridgehead atoms. The molecule has 5 nitrogen and oxygen atoms in total. The Bertz CT molecular complexity index is 773. The van der Waals surface area contributed by atoms with E-state index in [0.29, 0.717) is 17.7 Å². The van der Waals surface area contributed by atoms with Crippen LogP contribution in [-0.2, 0) is 10.0 Å². The molecule has 0 radical (unpaired) electrons. The van der Waals surface area contributed by atoms with Gasteiger partial charge in [0.25, 0.3) is 0 Å². The molecule has 0 saturated carbocycles. The number of aryl methyl sites for hydroxylation is 1. The molecular weight excluding hydrogens is 313 g/mol. The van der Waals surface area contributed by atoms with Gasteiger partial charge in [0.2, 0.25) is 10.0 Å². The maximum absolute atomic E-state index is 13.4. The zero-order valence-corrected chi connectivity index (χ0v) is 12.9. The number of sulfonamides is 1. The number of rotatable bonds is 3. The molecule has 112 valence electrons. The fourth-order valence-corrected chi connectivity index (χ4v) is 4.84. The first-order valence-corrected chi connectivity index (χ1v) is 8.89. The zero-order valence-electron chi connectivity index (χ0n) is 11.3. The van der Waals surface area contributed by atoms with E-state index in [2.05, 4.69) is 14.9 Å². The predicted octanol–water partition coefficient (Wildman–Crippen LogP) is 2.37. The molecule has 0 saturated heterocycles. The Morgan fingerprint density at radius 2 is 2.29 bits per heavy atom. The number of thioether (sulfide) groups is 1. The Balaban J connectivity index is 1.94. The third kappa shape index (κ3) is 2.83. The van der Waals surface area contributed by atoms with Crippen LogP contribution in [0.4, 0.5) is 4.39 Å². The van der Waals surface area contributed by atoms with Gasteiger partial charge in [-0.05, 0) is 42.9 Å². The van der Waals surface area contributed by atoms with E-state index < -0.39 is 16.1 Å². The lowest BCUT2D eigenvalue weighted by Crippen LogP contribution is -2.31. The van der Waals surface area contributed by atoms with Gasteiger partial charge < -0.3 is 0 Å². The third-order valence-corrected chi connectivity index (χ3v) is 6.09. The number of H-pyrrole nitrogens is 1. The molecule has 1 atom stereocenters. The molecule has 2 N–H and O–H groups in total. The Labute approximate surface area is 126 Å². The molecule has 1 aliphatic rings. The van der Waals surface area contributed by atoms with E-state index in [1.54, 1.807) is 24.8 Å². The number of nitrogens with zero attached hydrogens (tertiary/aromatic N) is 1. The first-order valence-electron chi connectivity index (χ1n) is 6.42. The molecule has 0 aliphatic carbocycles. The van der Waals surface area contributed by atoms with Gasteiger partial charge in [-0.15, -0.1) is 11.8 Å². The highest BCUT2D eigenvalue weighted by Gasteiger charge is 2.28. The van der Waals surface area contributed by atoms with E-state index in [4.69, 9.17) is 0 Å². The van der Waals surface area contributed by atoms with Crippen LogP contribution in [0.5, 0.6) is 0 Å². The van der Waals surface area contributed by atoms with Gasteiger partial charge in [-0.2, -0.15) is 5.10 Å². The zero-order chi connectivity index (χ0) is 15.0. The molecule has 0 fully saturated rings. The van der Waals surface area contributed by atoms with Crippen molar-refractivity contribution in [3.63, 3.8) is 0 Å². The van der Waals surface area contributed by atoms with Gasteiger partial charge in [-0.25, -0.2) is 17.5 Å². The maximum atomic E-state index is 13.4. The van der Waals surface area contributed by atoms with Crippen LogP contribution in [0.25, 0.3) is 0 Å². The monoisotopic (exact) mass is 327 g/mol. The first kappa shape index (κ1) is 14.6. The topological polar surface area (TPSA) is 74.8 Å². The number of aromatic nitrogens is 2. The molecule has 8 heteroatoms. The molecule has 1 aliphatic heterocycles. The first-order chi connectivity index (χ1) is 9.97. The van der Waals surface area contributed by atoms with Crippen LogP contribution in [0.2, 0.25) is 0 Å². The van der Waals surface area contributed by atoms with Gasteiger partial charge in [0.05, 0.1) is 11.9 Å². The average molecular weight is 327 g/mol. The van der Waals surface area contributed by atoms with Crippen molar-refractivity contribution in [2.75, 3.05) is 5.75 Å². The van der Waals surface area contributed by atoms with Gasteiger partial charge in [-0.1, -0.05) is 0 Å². The molecule has 1 aromatic carbocycles. The third-order valence-electron chi connectivity index (χ3n) is 3.38. The highest BCUT2D eigenvalue weighted by molar-refractivity contribution is 7.99. The van der Waals surface area contributed by atoms with E-state index in [9.17, 15) is 12.8 Å². The number of hydrogen-bond acceptors (Lipinski definition) is 4. The lowest BCUT2D eigenvalue weighted by molar-refractivity contribution is 0.541. The van der Waals surface area contributed by atoms with Crippen LogP contribution in [0, 0.1) is 12.7 Å². The quantitative estimate of drug-likeness (QED) is 0.907. The summed E-state index contributed by atoms with van der Waals surface area (Å²) in [6.45, 7) is 1.64. The van der Waals surface area contributed by atoms with Crippen molar-refractivity contribution in [3.05, 3.63) is 41.5 Å². The number of nitrogens with one attached hydrogen (secondary N) is 2. The molecular formula is C13H14FN3O2S2. The predicted molar refractivity (Wildman–Crippen MR) is 78.1 cm³/mol. The lowest BCUT2D eigenvalue weighted by atomic mass is 10.0. The summed E-state index contributed by atoms with van der Waals surface area (Å²) < 4.78 is 40.9. The molecule has 2 aromatic rings. The van der Waals surface area contributed by atoms with Crippen LogP contribution >= 0.6 is 11.8 Å². The summed E-state index contributed by atoms with van der Waals surface area (Å²) >= 11 is 1.61. The van der Waals surface area contributed by atoms with Crippen molar-refractivity contribution in [1.82, 2.24) is 14.9 Å². The molecule has 2 heterocycles. The molecule has 3 rings (SSSR count). The smallest absolute Gasteiger partial charge is 0.244 e. The number of benzene rings is 1. The van der Waals surface area contributed by atoms with Gasteiger partial charge in [0.15, 0.2) is 0 Å². The van der Waals surface area contributed by atoms with Gasteiger partial charge in [-0.3, -0.25) is 5.10 Å². The Morgan fingerprint density at radius 1 is 1.48 bits per heavy atom. The summed E-state index contributed by atoms with van der Waals surface area (Å²) in [4.78, 5) is 1.04. The molecule has 21 heavy (non-hydrogen) atoms. The van der Waals surface area contributed by atoms with Crippen molar-refractivity contribution in [2.24, 2.45) is 0 Å². The van der Waals surface area contributed by atoms with Crippen LogP contribution < -0.4 is 4.72 Å². The van der Waals surface area contributed by atoms with E-state index in [0.717, 1.165) is 10.6 Å². The minimum Gasteiger partial charge on any atom is -0.281 e. The van der Waals surface area contributed by atoms with Crippen molar-refractivity contribution >= 4 is 21.8 Å². The van der Waals surface area contributed by atoms with Crippen molar-refractivity contribution < 1.29 is 12.8 Å². The Hall–Kier alpha value is -1.38. The van der Waals surface area contributed by atoms with Crippen LogP contribution in [0.1, 0.15) is 23.7 Å². The second-order valence-electron chi connectivity index (χ2n) is 4.85. The number of hydrogen-bond donors (Lipinski definition) is 2. The fraction of sp³-hybridized carbons (Fsp3) is 0.308. The van der Waals surface area contributed by atoms with Crippen molar-refractivity contribution in [1.29, 1.82) is 0 Å². The van der Waals surface area contributed by atoms with Crippen LogP contribution in [0.3, 0.4) is 0 Å². The molecule has 1 unspecified atom stereocenters. The highest BCUT2D eigenvalue weighted by Crippen LogP contribution is 2.37. The summed E-state index contributed by atoms with van der Waals surface area (Å²) in [5.74, 6) is 0.427. The van der Waals surface area contributed by atoms with Crippen LogP contribution in [0.15, 0.2) is 34.2 Å². The molecule has 0 amide bonds. The van der Waals surface area contributed by atoms with E-state index in [1.165, 1.54) is 18.3 Å².